The van der Waals surface area contributed by atoms with Gasteiger partial charge in [-0.3, -0.25) is 9.97 Å². The number of hydrogen-bond acceptors (Lipinski definition) is 3. The van der Waals surface area contributed by atoms with E-state index in [9.17, 15) is 0 Å². The van der Waals surface area contributed by atoms with Crippen LogP contribution in [0.5, 0.6) is 11.5 Å². The van der Waals surface area contributed by atoms with Crippen LogP contribution in [0.1, 0.15) is 11.4 Å². The summed E-state index contributed by atoms with van der Waals surface area (Å²) in [7, 11) is 0. The minimum atomic E-state index is 0. The molecule has 10 rings (SSSR count). The second kappa shape index (κ2) is 11.7. The van der Waals surface area contributed by atoms with Gasteiger partial charge in [-0.25, -0.2) is 0 Å². The van der Waals surface area contributed by atoms with E-state index in [-0.39, 0.29) is 20.4 Å². The van der Waals surface area contributed by atoms with E-state index in [1.807, 2.05) is 24.3 Å². The van der Waals surface area contributed by atoms with Gasteiger partial charge in [0.1, 0.15) is 0 Å². The van der Waals surface area contributed by atoms with Crippen molar-refractivity contribution >= 4 is 54.6 Å². The van der Waals surface area contributed by atoms with E-state index in [4.69, 9.17) is 14.7 Å². The molecule has 0 fully saturated rings. The molecule has 240 valence electrons. The van der Waals surface area contributed by atoms with E-state index in [1.165, 1.54) is 0 Å². The third-order valence-corrected chi connectivity index (χ3v) is 9.69. The Balaban J connectivity index is 0.00000336. The fourth-order valence-electron chi connectivity index (χ4n) is 7.34. The molecule has 0 unspecified atom stereocenters. The molecular weight excluding hydrogens is 707 g/mol. The minimum Gasteiger partial charge on any atom is -0.497 e. The van der Waals surface area contributed by atoms with Crippen molar-refractivity contribution in [2.45, 2.75) is 13.8 Å². The van der Waals surface area contributed by atoms with Crippen molar-refractivity contribution in [2.24, 2.45) is 0 Å². The number of fused-ring (bicyclic) bond motifs is 12. The molecule has 0 atom stereocenters. The van der Waals surface area contributed by atoms with E-state index >= 15 is 0 Å². The number of aryl methyl sites for hydroxylation is 2. The summed E-state index contributed by atoms with van der Waals surface area (Å²) in [6, 6.07) is 53.3. The zero-order valence-electron chi connectivity index (χ0n) is 27.2. The Labute approximate surface area is 302 Å². The van der Waals surface area contributed by atoms with Crippen molar-refractivity contribution in [2.75, 3.05) is 0 Å². The van der Waals surface area contributed by atoms with Crippen LogP contribution in [0.2, 0.25) is 0 Å². The summed E-state index contributed by atoms with van der Waals surface area (Å²) in [5, 5.41) is 6.26. The molecular formula is C44H28N4OPd. The maximum atomic E-state index is 6.57. The Hall–Kier alpha value is -5.80. The number of rotatable bonds is 4. The van der Waals surface area contributed by atoms with Crippen LogP contribution in [-0.4, -0.2) is 18.8 Å². The Morgan fingerprint density at radius 1 is 0.500 bits per heavy atom. The molecule has 0 bridgehead atoms. The molecule has 0 aliphatic carbocycles. The average molecular weight is 735 g/mol. The number of para-hydroxylation sites is 2. The molecule has 4 aromatic heterocycles. The maximum Gasteiger partial charge on any atom is 2.00 e. The van der Waals surface area contributed by atoms with Gasteiger partial charge in [-0.15, -0.1) is 12.1 Å². The second-order valence-electron chi connectivity index (χ2n) is 12.5. The molecule has 0 aliphatic rings. The topological polar surface area (TPSA) is 43.8 Å². The number of ether oxygens (including phenoxy) is 1. The van der Waals surface area contributed by atoms with Crippen molar-refractivity contribution in [3.05, 3.63) is 157 Å². The SMILES string of the molecule is Cc1nc2c3[c-]c(Oc4[c-]c5c(cc4)c4ccccc4n4c(-c6ccccc6)c(-c6ccccc6)nc54)ccc3c3ccccc3n2c1C.[Pd+2]. The second-order valence-corrected chi connectivity index (χ2v) is 12.5. The normalized spacial score (nSPS) is 11.6. The van der Waals surface area contributed by atoms with E-state index in [0.717, 1.165) is 88.5 Å². The monoisotopic (exact) mass is 734 g/mol. The number of nitrogens with zero attached hydrogens (tertiary/aromatic N) is 4. The summed E-state index contributed by atoms with van der Waals surface area (Å²) in [6.45, 7) is 4.17. The molecule has 0 N–H and O–H groups in total. The molecule has 6 aromatic carbocycles. The van der Waals surface area contributed by atoms with E-state index < -0.39 is 0 Å². The van der Waals surface area contributed by atoms with Gasteiger partial charge in [0.25, 0.3) is 0 Å². The minimum absolute atomic E-state index is 0. The standard InChI is InChI=1S/C44H28N4O.Pd/c1-27-28(2)47-39-19-11-9-17-35(39)33-23-21-31(25-37(33)43(47)45-27)49-32-22-24-34-36-18-10-12-20-40(36)48-42(30-15-7-4-8-16-30)41(29-13-5-3-6-14-29)46-44(48)38(34)26-32;/h3-24H,1-2H3;/q-2;+2. The van der Waals surface area contributed by atoms with Crippen LogP contribution in [0.4, 0.5) is 0 Å². The molecule has 50 heavy (non-hydrogen) atoms. The largest absolute Gasteiger partial charge is 2.00 e. The Bertz CT molecular complexity index is 2930. The number of aromatic nitrogens is 4. The van der Waals surface area contributed by atoms with E-state index in [1.54, 1.807) is 0 Å². The molecule has 5 nitrogen and oxygen atoms in total. The van der Waals surface area contributed by atoms with Crippen LogP contribution in [0.3, 0.4) is 0 Å². The number of benzene rings is 6. The van der Waals surface area contributed by atoms with E-state index in [0.29, 0.717) is 11.5 Å². The summed E-state index contributed by atoms with van der Waals surface area (Å²) < 4.78 is 11.1. The van der Waals surface area contributed by atoms with Crippen molar-refractivity contribution in [3.63, 3.8) is 0 Å². The fourth-order valence-corrected chi connectivity index (χ4v) is 7.34. The van der Waals surface area contributed by atoms with Gasteiger partial charge >= 0.3 is 20.4 Å². The van der Waals surface area contributed by atoms with Gasteiger partial charge < -0.3 is 13.5 Å². The molecule has 0 amide bonds. The molecule has 6 heteroatoms. The van der Waals surface area contributed by atoms with Crippen LogP contribution >= 0.6 is 0 Å². The van der Waals surface area contributed by atoms with Crippen LogP contribution in [0.15, 0.2) is 133 Å². The first-order valence-corrected chi connectivity index (χ1v) is 16.4. The summed E-state index contributed by atoms with van der Waals surface area (Å²) in [4.78, 5) is 10.3. The van der Waals surface area contributed by atoms with Crippen molar-refractivity contribution < 1.29 is 25.2 Å². The van der Waals surface area contributed by atoms with Crippen LogP contribution in [0, 0.1) is 26.0 Å². The van der Waals surface area contributed by atoms with Gasteiger partial charge in [0.05, 0.1) is 22.7 Å². The number of hydrogen-bond donors (Lipinski definition) is 0. The molecule has 0 aliphatic heterocycles. The molecule has 0 radical (unpaired) electrons. The zero-order chi connectivity index (χ0) is 32.6. The van der Waals surface area contributed by atoms with Crippen molar-refractivity contribution in [3.8, 4) is 34.0 Å². The first-order valence-electron chi connectivity index (χ1n) is 16.4. The molecule has 0 saturated heterocycles. The Morgan fingerprint density at radius 3 is 1.60 bits per heavy atom. The number of imidazole rings is 2. The van der Waals surface area contributed by atoms with Crippen molar-refractivity contribution in [1.29, 1.82) is 0 Å². The molecule has 4 heterocycles. The van der Waals surface area contributed by atoms with Gasteiger partial charge in [0.2, 0.25) is 0 Å². The van der Waals surface area contributed by atoms with Crippen LogP contribution < -0.4 is 4.74 Å². The predicted molar refractivity (Wildman–Crippen MR) is 198 cm³/mol. The third-order valence-electron chi connectivity index (χ3n) is 9.69. The summed E-state index contributed by atoms with van der Waals surface area (Å²) in [5.41, 5.74) is 10.2. The summed E-state index contributed by atoms with van der Waals surface area (Å²) in [5.74, 6) is 1.20. The van der Waals surface area contributed by atoms with Gasteiger partial charge in [0.15, 0.2) is 0 Å². The van der Waals surface area contributed by atoms with Gasteiger partial charge in [0, 0.05) is 39.5 Å². The van der Waals surface area contributed by atoms with Gasteiger partial charge in [-0.05, 0) is 42.3 Å². The average Bonchev–Trinajstić information content (AvgIpc) is 3.71. The smallest absolute Gasteiger partial charge is 0.497 e. The Morgan fingerprint density at radius 2 is 1.00 bits per heavy atom. The fraction of sp³-hybridized carbons (Fsp3) is 0.0455. The summed E-state index contributed by atoms with van der Waals surface area (Å²) >= 11 is 0. The van der Waals surface area contributed by atoms with Crippen molar-refractivity contribution in [1.82, 2.24) is 18.8 Å². The van der Waals surface area contributed by atoms with Crippen LogP contribution in [0.25, 0.3) is 77.2 Å². The quantitative estimate of drug-likeness (QED) is 0.103. The predicted octanol–water partition coefficient (Wildman–Crippen LogP) is 10.9. The zero-order valence-corrected chi connectivity index (χ0v) is 28.8. The Kier molecular flexibility index (Phi) is 7.07. The van der Waals surface area contributed by atoms with Crippen LogP contribution in [-0.2, 0) is 20.4 Å². The first-order chi connectivity index (χ1) is 24.1. The molecule has 0 saturated carbocycles. The maximum absolute atomic E-state index is 6.57. The van der Waals surface area contributed by atoms with E-state index in [2.05, 4.69) is 144 Å². The summed E-state index contributed by atoms with van der Waals surface area (Å²) in [6.07, 6.45) is 0. The molecule has 10 aromatic rings. The third kappa shape index (κ3) is 4.50. The van der Waals surface area contributed by atoms with Gasteiger partial charge in [-0.2, -0.15) is 0 Å². The molecule has 0 spiro atoms. The van der Waals surface area contributed by atoms with Gasteiger partial charge in [-0.1, -0.05) is 143 Å². The first kappa shape index (κ1) is 30.3. The number of pyridine rings is 2.